The summed E-state index contributed by atoms with van der Waals surface area (Å²) in [6.45, 7) is 10.3. The van der Waals surface area contributed by atoms with Gasteiger partial charge in [-0.05, 0) is 37.1 Å². The third-order valence-corrected chi connectivity index (χ3v) is 8.81. The predicted octanol–water partition coefficient (Wildman–Crippen LogP) is 4.04. The number of anilines is 4. The third kappa shape index (κ3) is 6.46. The van der Waals surface area contributed by atoms with Crippen molar-refractivity contribution in [3.05, 3.63) is 61.6 Å². The number of piperidine rings is 1. The van der Waals surface area contributed by atoms with E-state index in [2.05, 4.69) is 48.1 Å². The zero-order chi connectivity index (χ0) is 31.5. The molecule has 0 spiro atoms. The average molecular weight is 610 g/mol. The van der Waals surface area contributed by atoms with E-state index in [0.29, 0.717) is 29.0 Å². The Morgan fingerprint density at radius 3 is 2.49 bits per heavy atom. The first-order valence-corrected chi connectivity index (χ1v) is 15.2. The first kappa shape index (κ1) is 30.1. The molecule has 0 aliphatic carbocycles. The number of amides is 2. The zero-order valence-electron chi connectivity index (χ0n) is 26.0. The molecule has 12 nitrogen and oxygen atoms in total. The van der Waals surface area contributed by atoms with E-state index >= 15 is 0 Å². The van der Waals surface area contributed by atoms with E-state index in [-0.39, 0.29) is 11.8 Å². The molecule has 45 heavy (non-hydrogen) atoms. The summed E-state index contributed by atoms with van der Waals surface area (Å²) in [5, 5.41) is 11.7. The van der Waals surface area contributed by atoms with Gasteiger partial charge in [0.25, 0.3) is 0 Å². The second kappa shape index (κ2) is 12.9. The van der Waals surface area contributed by atoms with Crippen LogP contribution in [0.1, 0.15) is 19.8 Å². The van der Waals surface area contributed by atoms with Gasteiger partial charge in [0, 0.05) is 82.4 Å². The van der Waals surface area contributed by atoms with E-state index in [4.69, 9.17) is 4.74 Å². The van der Waals surface area contributed by atoms with Crippen LogP contribution in [-0.4, -0.2) is 93.8 Å². The number of rotatable bonds is 8. The monoisotopic (exact) mass is 609 g/mol. The SMILES string of the molecule is C=CC(=O)Nc1cc(Nc2cc(-c3ccc4c(cnn4C)c3)ncn2)c(OC)cc1N1CCN(C2CCN(C(C)=O)CC2)CC1. The number of methoxy groups -OCH3 is 1. The number of nitrogens with zero attached hydrogens (tertiary/aromatic N) is 7. The highest BCUT2D eigenvalue weighted by Gasteiger charge is 2.29. The molecule has 234 valence electrons. The molecule has 6 rings (SSSR count). The lowest BCUT2D eigenvalue weighted by Gasteiger charge is -2.43. The fourth-order valence-corrected chi connectivity index (χ4v) is 6.30. The van der Waals surface area contributed by atoms with Crippen LogP contribution in [0.2, 0.25) is 0 Å². The smallest absolute Gasteiger partial charge is 0.247 e. The Hall–Kier alpha value is -4.97. The van der Waals surface area contributed by atoms with Gasteiger partial charge in [-0.15, -0.1) is 0 Å². The van der Waals surface area contributed by atoms with Crippen LogP contribution in [0.15, 0.2) is 61.6 Å². The lowest BCUT2D eigenvalue weighted by Crippen LogP contribution is -2.53. The molecule has 4 aromatic rings. The van der Waals surface area contributed by atoms with Crippen LogP contribution >= 0.6 is 0 Å². The topological polar surface area (TPSA) is 121 Å². The Balaban J connectivity index is 1.22. The van der Waals surface area contributed by atoms with Gasteiger partial charge in [-0.1, -0.05) is 12.6 Å². The number of likely N-dealkylation sites (tertiary alicyclic amines) is 1. The predicted molar refractivity (Wildman–Crippen MR) is 176 cm³/mol. The Labute approximate surface area is 262 Å². The summed E-state index contributed by atoms with van der Waals surface area (Å²) >= 11 is 0. The molecule has 2 aromatic heterocycles. The maximum absolute atomic E-state index is 12.5. The van der Waals surface area contributed by atoms with Crippen molar-refractivity contribution in [3.8, 4) is 17.0 Å². The van der Waals surface area contributed by atoms with Crippen molar-refractivity contribution in [2.75, 3.05) is 61.9 Å². The standard InChI is InChI=1S/C33H39N9O3/c1-5-33(44)38-27-17-28(37-32-18-26(34-21-35-32)23-6-7-29-24(16-23)20-36-39(29)3)31(45-4)19-30(27)42-14-12-41(13-15-42)25-8-10-40(11-9-25)22(2)43/h5-7,16-21,25H,1,8-15H2,2-4H3,(H,38,44)(H,34,35,37). The summed E-state index contributed by atoms with van der Waals surface area (Å²) in [7, 11) is 3.55. The molecule has 2 aliphatic rings. The van der Waals surface area contributed by atoms with Crippen LogP contribution in [0.25, 0.3) is 22.2 Å². The molecule has 4 heterocycles. The second-order valence-corrected chi connectivity index (χ2v) is 11.5. The summed E-state index contributed by atoms with van der Waals surface area (Å²) in [6, 6.07) is 12.3. The van der Waals surface area contributed by atoms with Gasteiger partial charge < -0.3 is 25.2 Å². The van der Waals surface area contributed by atoms with Crippen molar-refractivity contribution in [3.63, 3.8) is 0 Å². The number of aromatic nitrogens is 4. The molecular formula is C33H39N9O3. The maximum Gasteiger partial charge on any atom is 0.247 e. The lowest BCUT2D eigenvalue weighted by atomic mass is 10.0. The van der Waals surface area contributed by atoms with Gasteiger partial charge in [-0.25, -0.2) is 9.97 Å². The van der Waals surface area contributed by atoms with Gasteiger partial charge in [0.05, 0.1) is 41.6 Å². The van der Waals surface area contributed by atoms with Crippen LogP contribution in [0, 0.1) is 0 Å². The average Bonchev–Trinajstić information content (AvgIpc) is 3.44. The van der Waals surface area contributed by atoms with Gasteiger partial charge in [-0.2, -0.15) is 5.10 Å². The van der Waals surface area contributed by atoms with E-state index in [0.717, 1.165) is 80.0 Å². The first-order chi connectivity index (χ1) is 21.8. The molecule has 0 unspecified atom stereocenters. The van der Waals surface area contributed by atoms with Crippen molar-refractivity contribution < 1.29 is 14.3 Å². The lowest BCUT2D eigenvalue weighted by molar-refractivity contribution is -0.130. The minimum absolute atomic E-state index is 0.155. The van der Waals surface area contributed by atoms with Crippen LogP contribution in [0.5, 0.6) is 5.75 Å². The highest BCUT2D eigenvalue weighted by Crippen LogP contribution is 2.39. The van der Waals surface area contributed by atoms with Gasteiger partial charge in [-0.3, -0.25) is 19.2 Å². The summed E-state index contributed by atoms with van der Waals surface area (Å²) in [5.41, 5.74) is 4.95. The second-order valence-electron chi connectivity index (χ2n) is 11.5. The van der Waals surface area contributed by atoms with E-state index in [1.807, 2.05) is 53.2 Å². The zero-order valence-corrected chi connectivity index (χ0v) is 26.0. The van der Waals surface area contributed by atoms with Crippen molar-refractivity contribution in [2.45, 2.75) is 25.8 Å². The highest BCUT2D eigenvalue weighted by molar-refractivity contribution is 6.02. The normalized spacial score (nSPS) is 16.1. The minimum Gasteiger partial charge on any atom is -0.494 e. The van der Waals surface area contributed by atoms with E-state index in [9.17, 15) is 9.59 Å². The third-order valence-electron chi connectivity index (χ3n) is 8.81. The van der Waals surface area contributed by atoms with E-state index < -0.39 is 0 Å². The number of fused-ring (bicyclic) bond motifs is 1. The van der Waals surface area contributed by atoms with Gasteiger partial charge in [0.1, 0.15) is 17.9 Å². The minimum atomic E-state index is -0.293. The first-order valence-electron chi connectivity index (χ1n) is 15.2. The van der Waals surface area contributed by atoms with Crippen molar-refractivity contribution >= 4 is 45.6 Å². The van der Waals surface area contributed by atoms with Crippen LogP contribution in [0.3, 0.4) is 0 Å². The summed E-state index contributed by atoms with van der Waals surface area (Å²) in [6.07, 6.45) is 6.62. The molecule has 0 bridgehead atoms. The molecule has 2 aromatic carbocycles. The molecule has 2 amide bonds. The molecular weight excluding hydrogens is 570 g/mol. The van der Waals surface area contributed by atoms with Crippen LogP contribution < -0.4 is 20.3 Å². The quantitative estimate of drug-likeness (QED) is 0.285. The maximum atomic E-state index is 12.5. The van der Waals surface area contributed by atoms with Crippen molar-refractivity contribution in [1.29, 1.82) is 0 Å². The number of ether oxygens (including phenoxy) is 1. The van der Waals surface area contributed by atoms with E-state index in [1.54, 1.807) is 14.0 Å². The molecule has 0 saturated carbocycles. The molecule has 0 atom stereocenters. The molecule has 2 fully saturated rings. The Morgan fingerprint density at radius 2 is 1.78 bits per heavy atom. The Kier molecular flexibility index (Phi) is 8.65. The van der Waals surface area contributed by atoms with Crippen molar-refractivity contribution in [2.24, 2.45) is 7.05 Å². The summed E-state index contributed by atoms with van der Waals surface area (Å²) in [4.78, 5) is 40.0. The molecule has 0 radical (unpaired) electrons. The summed E-state index contributed by atoms with van der Waals surface area (Å²) in [5.74, 6) is 1.07. The number of benzene rings is 2. The molecule has 12 heteroatoms. The molecule has 2 N–H and O–H groups in total. The number of nitrogens with one attached hydrogen (secondary N) is 2. The van der Waals surface area contributed by atoms with Gasteiger partial charge >= 0.3 is 0 Å². The van der Waals surface area contributed by atoms with Crippen LogP contribution in [0.4, 0.5) is 22.9 Å². The Bertz CT molecular complexity index is 1720. The number of hydrogen-bond acceptors (Lipinski definition) is 9. The molecule has 2 saturated heterocycles. The largest absolute Gasteiger partial charge is 0.494 e. The summed E-state index contributed by atoms with van der Waals surface area (Å²) < 4.78 is 7.67. The number of hydrogen-bond donors (Lipinski definition) is 2. The van der Waals surface area contributed by atoms with E-state index in [1.165, 1.54) is 12.4 Å². The molecule has 2 aliphatic heterocycles. The van der Waals surface area contributed by atoms with Gasteiger partial charge in [0.2, 0.25) is 11.8 Å². The fraction of sp³-hybridized carbons (Fsp3) is 0.364. The Morgan fingerprint density at radius 1 is 1.00 bits per heavy atom. The highest BCUT2D eigenvalue weighted by atomic mass is 16.5. The van der Waals surface area contributed by atoms with Gasteiger partial charge in [0.15, 0.2) is 0 Å². The fourth-order valence-electron chi connectivity index (χ4n) is 6.30. The van der Waals surface area contributed by atoms with Crippen molar-refractivity contribution in [1.82, 2.24) is 29.5 Å². The number of carbonyl (C=O) groups is 2. The number of piperazine rings is 1. The van der Waals surface area contributed by atoms with Crippen LogP contribution in [-0.2, 0) is 16.6 Å². The number of carbonyl (C=O) groups excluding carboxylic acids is 2. The number of aryl methyl sites for hydroxylation is 1.